The minimum absolute atomic E-state index is 0.104. The van der Waals surface area contributed by atoms with Crippen LogP contribution in [0.3, 0.4) is 0 Å². The molecule has 1 aliphatic heterocycles. The van der Waals surface area contributed by atoms with Crippen molar-refractivity contribution in [3.8, 4) is 0 Å². The summed E-state index contributed by atoms with van der Waals surface area (Å²) < 4.78 is 6.75. The summed E-state index contributed by atoms with van der Waals surface area (Å²) in [7, 11) is 2.21. The average Bonchev–Trinajstić information content (AvgIpc) is 2.50. The predicted octanol–water partition coefficient (Wildman–Crippen LogP) is 4.51. The highest BCUT2D eigenvalue weighted by atomic mass is 16.5. The Morgan fingerprint density at radius 1 is 1.17 bits per heavy atom. The van der Waals surface area contributed by atoms with Crippen LogP contribution in [0, 0.1) is 5.41 Å². The second-order valence-corrected chi connectivity index (χ2v) is 9.20. The molecular weight excluding hydrogens is 293 g/mol. The maximum absolute atomic E-state index is 6.75. The van der Waals surface area contributed by atoms with Crippen molar-refractivity contribution in [3.05, 3.63) is 29.3 Å². The van der Waals surface area contributed by atoms with Gasteiger partial charge in [-0.05, 0) is 55.1 Å². The minimum Gasteiger partial charge on any atom is -0.425 e. The molecule has 0 aromatic heterocycles. The molecule has 1 heterocycles. The van der Waals surface area contributed by atoms with Gasteiger partial charge in [0.2, 0.25) is 0 Å². The van der Waals surface area contributed by atoms with Crippen LogP contribution >= 0.6 is 0 Å². The highest BCUT2D eigenvalue weighted by Crippen LogP contribution is 2.35. The average molecular weight is 329 g/mol. The van der Waals surface area contributed by atoms with E-state index in [2.05, 4.69) is 78.6 Å². The molecular formula is C21H36BNO. The van der Waals surface area contributed by atoms with Crippen LogP contribution in [0.25, 0.3) is 0 Å². The van der Waals surface area contributed by atoms with Crippen LogP contribution in [-0.4, -0.2) is 31.0 Å². The van der Waals surface area contributed by atoms with Gasteiger partial charge < -0.3 is 9.55 Å². The zero-order valence-corrected chi connectivity index (χ0v) is 17.1. The van der Waals surface area contributed by atoms with Gasteiger partial charge in [-0.1, -0.05) is 59.2 Å². The number of benzene rings is 1. The maximum atomic E-state index is 6.75. The van der Waals surface area contributed by atoms with Gasteiger partial charge in [0.1, 0.15) is 0 Å². The van der Waals surface area contributed by atoms with Crippen LogP contribution in [-0.2, 0) is 17.6 Å². The van der Waals surface area contributed by atoms with Crippen molar-refractivity contribution in [2.24, 2.45) is 5.41 Å². The molecule has 0 bridgehead atoms. The van der Waals surface area contributed by atoms with E-state index in [1.165, 1.54) is 16.6 Å². The largest absolute Gasteiger partial charge is 0.425 e. The molecule has 0 fully saturated rings. The van der Waals surface area contributed by atoms with Gasteiger partial charge in [0, 0.05) is 13.1 Å². The Labute approximate surface area is 150 Å². The summed E-state index contributed by atoms with van der Waals surface area (Å²) in [6.07, 6.45) is 2.29. The van der Waals surface area contributed by atoms with E-state index >= 15 is 0 Å². The summed E-state index contributed by atoms with van der Waals surface area (Å²) in [5.74, 6) is 0.506. The van der Waals surface area contributed by atoms with Crippen LogP contribution in [0.1, 0.15) is 66.0 Å². The summed E-state index contributed by atoms with van der Waals surface area (Å²) in [6.45, 7) is 18.2. The SMILES string of the molecule is CCC(C)B(OC(C)(C)C(C)(C)C)c1ccc2c(c1)CN(C)CC2. The molecule has 1 aromatic rings. The number of likely N-dealkylation sites (N-methyl/N-ethyl adjacent to an activating group) is 1. The second-order valence-electron chi connectivity index (χ2n) is 9.20. The van der Waals surface area contributed by atoms with Crippen molar-refractivity contribution >= 4 is 12.4 Å². The van der Waals surface area contributed by atoms with Crippen molar-refractivity contribution < 1.29 is 4.65 Å². The first-order valence-electron chi connectivity index (χ1n) is 9.53. The molecule has 0 spiro atoms. The summed E-state index contributed by atoms with van der Waals surface area (Å²) in [4.78, 5) is 2.41. The Morgan fingerprint density at radius 3 is 2.42 bits per heavy atom. The third-order valence-corrected chi connectivity index (χ3v) is 6.15. The van der Waals surface area contributed by atoms with E-state index in [1.807, 2.05) is 0 Å². The molecule has 3 heteroatoms. The highest BCUT2D eigenvalue weighted by Gasteiger charge is 2.39. The molecule has 0 saturated carbocycles. The zero-order chi connectivity index (χ0) is 18.1. The van der Waals surface area contributed by atoms with E-state index in [4.69, 9.17) is 4.65 Å². The number of nitrogens with zero attached hydrogens (tertiary/aromatic N) is 1. The lowest BCUT2D eigenvalue weighted by molar-refractivity contribution is -0.00204. The molecule has 0 N–H and O–H groups in total. The zero-order valence-electron chi connectivity index (χ0n) is 17.1. The fourth-order valence-electron chi connectivity index (χ4n) is 3.12. The quantitative estimate of drug-likeness (QED) is 0.737. The van der Waals surface area contributed by atoms with Gasteiger partial charge in [0.25, 0.3) is 0 Å². The summed E-state index contributed by atoms with van der Waals surface area (Å²) >= 11 is 0. The Hall–Kier alpha value is -0.795. The third-order valence-electron chi connectivity index (χ3n) is 6.15. The maximum Gasteiger partial charge on any atom is 0.330 e. The molecule has 134 valence electrons. The first-order chi connectivity index (χ1) is 11.0. The Kier molecular flexibility index (Phi) is 5.87. The van der Waals surface area contributed by atoms with E-state index in [-0.39, 0.29) is 17.9 Å². The first-order valence-corrected chi connectivity index (χ1v) is 9.53. The molecule has 0 aliphatic carbocycles. The number of hydrogen-bond acceptors (Lipinski definition) is 2. The van der Waals surface area contributed by atoms with Crippen LogP contribution in [0.2, 0.25) is 5.82 Å². The van der Waals surface area contributed by atoms with Crippen LogP contribution in [0.4, 0.5) is 0 Å². The second kappa shape index (κ2) is 7.21. The first kappa shape index (κ1) is 19.5. The van der Waals surface area contributed by atoms with Gasteiger partial charge in [-0.15, -0.1) is 0 Å². The van der Waals surface area contributed by atoms with Crippen molar-refractivity contribution in [1.82, 2.24) is 4.90 Å². The number of fused-ring (bicyclic) bond motifs is 1. The van der Waals surface area contributed by atoms with Crippen molar-refractivity contribution in [3.63, 3.8) is 0 Å². The monoisotopic (exact) mass is 329 g/mol. The highest BCUT2D eigenvalue weighted by molar-refractivity contribution is 6.68. The summed E-state index contributed by atoms with van der Waals surface area (Å²) in [6, 6.07) is 7.04. The van der Waals surface area contributed by atoms with Crippen molar-refractivity contribution in [1.29, 1.82) is 0 Å². The van der Waals surface area contributed by atoms with Gasteiger partial charge in [-0.25, -0.2) is 0 Å². The lowest BCUT2D eigenvalue weighted by Gasteiger charge is -2.42. The summed E-state index contributed by atoms with van der Waals surface area (Å²) in [5, 5.41) is 0. The lowest BCUT2D eigenvalue weighted by Crippen LogP contribution is -2.50. The minimum atomic E-state index is -0.173. The van der Waals surface area contributed by atoms with Gasteiger partial charge in [-0.3, -0.25) is 0 Å². The van der Waals surface area contributed by atoms with Crippen LogP contribution in [0.15, 0.2) is 18.2 Å². The molecule has 1 aliphatic rings. The van der Waals surface area contributed by atoms with Gasteiger partial charge in [0.15, 0.2) is 0 Å². The number of hydrogen-bond donors (Lipinski definition) is 0. The fourth-order valence-corrected chi connectivity index (χ4v) is 3.12. The third kappa shape index (κ3) is 4.24. The normalized spacial score (nSPS) is 17.5. The molecule has 1 aromatic carbocycles. The smallest absolute Gasteiger partial charge is 0.330 e. The standard InChI is InChI=1S/C21H36BNO/c1-9-16(2)22(24-21(6,7)20(3,4)5)19-11-10-17-12-13-23(8)15-18(17)14-19/h10-11,14,16H,9,12-13,15H2,1-8H3. The Bertz CT molecular complexity index is 561. The van der Waals surface area contributed by atoms with E-state index in [0.717, 1.165) is 25.9 Å². The molecule has 2 nitrogen and oxygen atoms in total. The molecule has 24 heavy (non-hydrogen) atoms. The molecule has 0 saturated heterocycles. The topological polar surface area (TPSA) is 12.5 Å². The van der Waals surface area contributed by atoms with Crippen molar-refractivity contribution in [2.45, 2.75) is 79.3 Å². The van der Waals surface area contributed by atoms with E-state index in [1.54, 1.807) is 0 Å². The Morgan fingerprint density at radius 2 is 1.83 bits per heavy atom. The van der Waals surface area contributed by atoms with E-state index in [9.17, 15) is 0 Å². The molecule has 1 unspecified atom stereocenters. The summed E-state index contributed by atoms with van der Waals surface area (Å²) in [5.41, 5.74) is 4.26. The molecule has 0 radical (unpaired) electrons. The van der Waals surface area contributed by atoms with Gasteiger partial charge >= 0.3 is 6.92 Å². The van der Waals surface area contributed by atoms with Crippen molar-refractivity contribution in [2.75, 3.05) is 13.6 Å². The predicted molar refractivity (Wildman–Crippen MR) is 106 cm³/mol. The molecule has 2 rings (SSSR count). The Balaban J connectivity index is 2.34. The van der Waals surface area contributed by atoms with E-state index in [0.29, 0.717) is 5.82 Å². The lowest BCUT2D eigenvalue weighted by atomic mass is 9.49. The van der Waals surface area contributed by atoms with Gasteiger partial charge in [0.05, 0.1) is 5.60 Å². The fraction of sp³-hybridized carbons (Fsp3) is 0.714. The number of rotatable bonds is 5. The molecule has 0 amide bonds. The molecule has 1 atom stereocenters. The van der Waals surface area contributed by atoms with Crippen LogP contribution < -0.4 is 5.46 Å². The van der Waals surface area contributed by atoms with Gasteiger partial charge in [-0.2, -0.15) is 0 Å². The van der Waals surface area contributed by atoms with E-state index < -0.39 is 0 Å². The van der Waals surface area contributed by atoms with Crippen LogP contribution in [0.5, 0.6) is 0 Å².